The molecular formula is C16H19NO3. The van der Waals surface area contributed by atoms with Gasteiger partial charge >= 0.3 is 5.97 Å². The number of carboxylic acids is 1. The van der Waals surface area contributed by atoms with Gasteiger partial charge in [0.25, 0.3) is 0 Å². The number of rotatable bonds is 3. The van der Waals surface area contributed by atoms with Crippen molar-refractivity contribution in [3.63, 3.8) is 0 Å². The molecule has 0 aromatic heterocycles. The van der Waals surface area contributed by atoms with Gasteiger partial charge in [0.15, 0.2) is 0 Å². The second kappa shape index (κ2) is 4.93. The Morgan fingerprint density at radius 2 is 1.85 bits per heavy atom. The molecule has 3 rings (SSSR count). The molecule has 0 bridgehead atoms. The van der Waals surface area contributed by atoms with E-state index < -0.39 is 5.97 Å². The molecule has 0 heterocycles. The van der Waals surface area contributed by atoms with E-state index in [1.54, 1.807) is 6.07 Å². The van der Waals surface area contributed by atoms with E-state index in [2.05, 4.69) is 5.32 Å². The molecule has 2 N–H and O–H groups in total. The third-order valence-electron chi connectivity index (χ3n) is 4.71. The molecule has 2 atom stereocenters. The van der Waals surface area contributed by atoms with Crippen LogP contribution >= 0.6 is 0 Å². The zero-order chi connectivity index (χ0) is 14.3. The van der Waals surface area contributed by atoms with E-state index in [9.17, 15) is 14.7 Å². The number of hydrogen-bond acceptors (Lipinski definition) is 2. The van der Waals surface area contributed by atoms with Crippen LogP contribution in [0.2, 0.25) is 0 Å². The van der Waals surface area contributed by atoms with Crippen LogP contribution in [0.3, 0.4) is 0 Å². The zero-order valence-corrected chi connectivity index (χ0v) is 11.6. The van der Waals surface area contributed by atoms with Crippen molar-refractivity contribution in [3.05, 3.63) is 29.3 Å². The number of carbonyl (C=O) groups is 2. The molecule has 2 aliphatic carbocycles. The summed E-state index contributed by atoms with van der Waals surface area (Å²) in [6, 6.07) is 5.05. The van der Waals surface area contributed by atoms with E-state index in [0.717, 1.165) is 18.4 Å². The number of amides is 1. The van der Waals surface area contributed by atoms with E-state index in [1.165, 1.54) is 18.9 Å². The summed E-state index contributed by atoms with van der Waals surface area (Å²) < 4.78 is 0. The molecule has 2 aliphatic rings. The van der Waals surface area contributed by atoms with Crippen LogP contribution < -0.4 is 5.32 Å². The average Bonchev–Trinajstić information content (AvgIpc) is 3.15. The highest BCUT2D eigenvalue weighted by molar-refractivity contribution is 6.03. The maximum atomic E-state index is 12.4. The maximum Gasteiger partial charge on any atom is 0.337 e. The molecule has 0 radical (unpaired) electrons. The van der Waals surface area contributed by atoms with Crippen LogP contribution in [-0.2, 0) is 4.79 Å². The fraction of sp³-hybridized carbons (Fsp3) is 0.500. The molecule has 1 aromatic rings. The number of hydrogen-bond donors (Lipinski definition) is 2. The van der Waals surface area contributed by atoms with Crippen molar-refractivity contribution in [2.45, 2.75) is 32.6 Å². The average molecular weight is 273 g/mol. The second-order valence-electron chi connectivity index (χ2n) is 5.93. The van der Waals surface area contributed by atoms with Crippen molar-refractivity contribution in [2.24, 2.45) is 17.8 Å². The first kappa shape index (κ1) is 13.2. The molecule has 4 heteroatoms. The Hall–Kier alpha value is -1.84. The standard InChI is InChI=1S/C16H19NO3/c1-9-5-4-8-12(16(19)20)14(9)17-15(18)13-10-6-2-3-7-11(10)13/h4-5,8,10-11,13H,2-3,6-7H2,1H3,(H,17,18)(H,19,20). The minimum atomic E-state index is -1.00. The SMILES string of the molecule is Cc1cccc(C(=O)O)c1NC(=O)C1C2CCCCC21. The van der Waals surface area contributed by atoms with Crippen LogP contribution in [0, 0.1) is 24.7 Å². The number of aryl methyl sites for hydroxylation is 1. The van der Waals surface area contributed by atoms with Gasteiger partial charge in [0, 0.05) is 5.92 Å². The van der Waals surface area contributed by atoms with Gasteiger partial charge in [-0.2, -0.15) is 0 Å². The van der Waals surface area contributed by atoms with E-state index >= 15 is 0 Å². The quantitative estimate of drug-likeness (QED) is 0.889. The first-order valence-electron chi connectivity index (χ1n) is 7.23. The van der Waals surface area contributed by atoms with Crippen molar-refractivity contribution < 1.29 is 14.7 Å². The monoisotopic (exact) mass is 273 g/mol. The zero-order valence-electron chi connectivity index (χ0n) is 11.6. The van der Waals surface area contributed by atoms with Gasteiger partial charge in [0.1, 0.15) is 0 Å². The van der Waals surface area contributed by atoms with Crippen LogP contribution in [-0.4, -0.2) is 17.0 Å². The minimum absolute atomic E-state index is 0.00120. The number of anilines is 1. The molecule has 0 saturated heterocycles. The third-order valence-corrected chi connectivity index (χ3v) is 4.71. The first-order valence-corrected chi connectivity index (χ1v) is 7.23. The van der Waals surface area contributed by atoms with Gasteiger partial charge in [-0.25, -0.2) is 4.79 Å². The predicted molar refractivity (Wildman–Crippen MR) is 75.7 cm³/mol. The molecule has 1 amide bonds. The fourth-order valence-electron chi connectivity index (χ4n) is 3.60. The molecule has 2 unspecified atom stereocenters. The number of benzene rings is 1. The third kappa shape index (κ3) is 2.19. The maximum absolute atomic E-state index is 12.4. The number of para-hydroxylation sites is 1. The van der Waals surface area contributed by atoms with Gasteiger partial charge in [0.05, 0.1) is 11.3 Å². The lowest BCUT2D eigenvalue weighted by atomic mass is 10.0. The Labute approximate surface area is 118 Å². The molecule has 106 valence electrons. The van der Waals surface area contributed by atoms with Crippen LogP contribution in [0.25, 0.3) is 0 Å². The van der Waals surface area contributed by atoms with Crippen molar-refractivity contribution in [1.29, 1.82) is 0 Å². The number of carboxylic acid groups (broad SMARTS) is 1. The summed E-state index contributed by atoms with van der Waals surface area (Å²) in [5, 5.41) is 12.1. The highest BCUT2D eigenvalue weighted by Crippen LogP contribution is 2.55. The van der Waals surface area contributed by atoms with Gasteiger partial charge in [-0.3, -0.25) is 4.79 Å². The van der Waals surface area contributed by atoms with Crippen molar-refractivity contribution in [2.75, 3.05) is 5.32 Å². The number of fused-ring (bicyclic) bond motifs is 1. The molecule has 0 aliphatic heterocycles. The van der Waals surface area contributed by atoms with Gasteiger partial charge in [-0.05, 0) is 43.2 Å². The summed E-state index contributed by atoms with van der Waals surface area (Å²) in [5.74, 6) is 0.150. The smallest absolute Gasteiger partial charge is 0.337 e. The molecular weight excluding hydrogens is 254 g/mol. The number of carbonyl (C=O) groups excluding carboxylic acids is 1. The summed E-state index contributed by atoms with van der Waals surface area (Å²) >= 11 is 0. The Balaban J connectivity index is 1.78. The van der Waals surface area contributed by atoms with Crippen LogP contribution in [0.15, 0.2) is 18.2 Å². The van der Waals surface area contributed by atoms with Crippen LogP contribution in [0.1, 0.15) is 41.6 Å². The fourth-order valence-corrected chi connectivity index (χ4v) is 3.60. The highest BCUT2D eigenvalue weighted by atomic mass is 16.4. The lowest BCUT2D eigenvalue weighted by Gasteiger charge is -2.11. The summed E-state index contributed by atoms with van der Waals surface area (Å²) in [7, 11) is 0. The van der Waals surface area contributed by atoms with E-state index in [0.29, 0.717) is 17.5 Å². The summed E-state index contributed by atoms with van der Waals surface area (Å²) in [6.07, 6.45) is 4.72. The largest absolute Gasteiger partial charge is 0.478 e. The predicted octanol–water partition coefficient (Wildman–Crippen LogP) is 3.07. The van der Waals surface area contributed by atoms with E-state index in [-0.39, 0.29) is 17.4 Å². The van der Waals surface area contributed by atoms with Gasteiger partial charge in [-0.15, -0.1) is 0 Å². The van der Waals surface area contributed by atoms with Gasteiger partial charge in [0.2, 0.25) is 5.91 Å². The summed E-state index contributed by atoms with van der Waals surface area (Å²) in [6.45, 7) is 1.82. The summed E-state index contributed by atoms with van der Waals surface area (Å²) in [4.78, 5) is 23.6. The Bertz CT molecular complexity index is 555. The molecule has 2 saturated carbocycles. The normalized spacial score (nSPS) is 27.6. The molecule has 2 fully saturated rings. The van der Waals surface area contributed by atoms with Crippen molar-refractivity contribution in [1.82, 2.24) is 0 Å². The molecule has 1 aromatic carbocycles. The van der Waals surface area contributed by atoms with E-state index in [1.807, 2.05) is 13.0 Å². The number of aromatic carboxylic acids is 1. The van der Waals surface area contributed by atoms with Gasteiger partial charge in [-0.1, -0.05) is 25.0 Å². The Kier molecular flexibility index (Phi) is 3.24. The lowest BCUT2D eigenvalue weighted by Crippen LogP contribution is -2.18. The topological polar surface area (TPSA) is 66.4 Å². The minimum Gasteiger partial charge on any atom is -0.478 e. The van der Waals surface area contributed by atoms with Crippen LogP contribution in [0.5, 0.6) is 0 Å². The van der Waals surface area contributed by atoms with Crippen molar-refractivity contribution in [3.8, 4) is 0 Å². The van der Waals surface area contributed by atoms with Crippen LogP contribution in [0.4, 0.5) is 5.69 Å². The molecule has 20 heavy (non-hydrogen) atoms. The van der Waals surface area contributed by atoms with E-state index in [4.69, 9.17) is 0 Å². The first-order chi connectivity index (χ1) is 9.59. The lowest BCUT2D eigenvalue weighted by molar-refractivity contribution is -0.117. The highest BCUT2D eigenvalue weighted by Gasteiger charge is 2.54. The molecule has 0 spiro atoms. The Morgan fingerprint density at radius 3 is 2.45 bits per heavy atom. The number of nitrogens with one attached hydrogen (secondary N) is 1. The second-order valence-corrected chi connectivity index (χ2v) is 5.93. The summed E-state index contributed by atoms with van der Waals surface area (Å²) in [5.41, 5.74) is 1.41. The van der Waals surface area contributed by atoms with Gasteiger partial charge < -0.3 is 10.4 Å². The Morgan fingerprint density at radius 1 is 1.20 bits per heavy atom. The molecule has 4 nitrogen and oxygen atoms in total. The van der Waals surface area contributed by atoms with Crippen molar-refractivity contribution >= 4 is 17.6 Å².